The second kappa shape index (κ2) is 7.55. The van der Waals surface area contributed by atoms with Crippen LogP contribution in [0.15, 0.2) is 47.6 Å². The number of hydrogen-bond donors (Lipinski definition) is 1. The molecule has 0 unspecified atom stereocenters. The van der Waals surface area contributed by atoms with Crippen LogP contribution in [0.3, 0.4) is 0 Å². The summed E-state index contributed by atoms with van der Waals surface area (Å²) >= 11 is 0. The molecule has 2 aromatic rings. The fourth-order valence-corrected chi connectivity index (χ4v) is 4.63. The van der Waals surface area contributed by atoms with Crippen molar-refractivity contribution >= 4 is 21.6 Å². The van der Waals surface area contributed by atoms with Gasteiger partial charge in [-0.05, 0) is 56.0 Å². The van der Waals surface area contributed by atoms with Crippen LogP contribution in [0, 0.1) is 19.8 Å². The first-order chi connectivity index (χ1) is 12.4. The minimum absolute atomic E-state index is 0.134. The normalized spacial score (nSPS) is 18.5. The van der Waals surface area contributed by atoms with Gasteiger partial charge in [0.2, 0.25) is 15.9 Å². The van der Waals surface area contributed by atoms with Crippen molar-refractivity contribution in [1.29, 1.82) is 0 Å². The van der Waals surface area contributed by atoms with Gasteiger partial charge in [0.25, 0.3) is 0 Å². The van der Waals surface area contributed by atoms with E-state index < -0.39 is 10.0 Å². The summed E-state index contributed by atoms with van der Waals surface area (Å²) in [6, 6.07) is 8.89. The molecule has 138 valence electrons. The molecular weight excluding hydrogens is 350 g/mol. The van der Waals surface area contributed by atoms with Gasteiger partial charge < -0.3 is 5.32 Å². The summed E-state index contributed by atoms with van der Waals surface area (Å²) in [5.41, 5.74) is 2.91. The molecule has 1 saturated heterocycles. The van der Waals surface area contributed by atoms with Crippen molar-refractivity contribution in [3.8, 4) is 0 Å². The van der Waals surface area contributed by atoms with Crippen molar-refractivity contribution in [1.82, 2.24) is 9.29 Å². The molecule has 2 heterocycles. The number of carbonyl (C=O) groups excluding carboxylic acids is 1. The summed E-state index contributed by atoms with van der Waals surface area (Å²) in [5.74, 6) is -0.500. The van der Waals surface area contributed by atoms with Gasteiger partial charge in [0.15, 0.2) is 0 Å². The molecule has 1 aromatic heterocycles. The molecule has 1 fully saturated rings. The second-order valence-corrected chi connectivity index (χ2v) is 8.57. The van der Waals surface area contributed by atoms with Crippen LogP contribution < -0.4 is 5.32 Å². The van der Waals surface area contributed by atoms with E-state index in [0.29, 0.717) is 19.4 Å². The standard InChI is InChI=1S/C19H23N3O3S/c1-14-6-3-9-18(15(14)2)21-19(23)16-7-5-11-22(13-16)26(24,25)17-8-4-10-20-12-17/h3-4,6,8-10,12,16H,5,7,11,13H2,1-2H3,(H,21,23)/t16-/m1/s1. The largest absolute Gasteiger partial charge is 0.326 e. The van der Waals surface area contributed by atoms with Crippen LogP contribution in [0.5, 0.6) is 0 Å². The molecule has 0 spiro atoms. The first-order valence-corrected chi connectivity index (χ1v) is 10.1. The molecule has 7 heteroatoms. The van der Waals surface area contributed by atoms with Crippen molar-refractivity contribution in [2.24, 2.45) is 5.92 Å². The molecule has 3 rings (SSSR count). The summed E-state index contributed by atoms with van der Waals surface area (Å²) in [4.78, 5) is 16.7. The van der Waals surface area contributed by atoms with Crippen molar-refractivity contribution in [2.75, 3.05) is 18.4 Å². The zero-order chi connectivity index (χ0) is 18.7. The minimum atomic E-state index is -3.63. The Kier molecular flexibility index (Phi) is 5.38. The highest BCUT2D eigenvalue weighted by molar-refractivity contribution is 7.89. The van der Waals surface area contributed by atoms with Gasteiger partial charge in [-0.1, -0.05) is 12.1 Å². The lowest BCUT2D eigenvalue weighted by Crippen LogP contribution is -2.43. The van der Waals surface area contributed by atoms with E-state index in [1.165, 1.54) is 22.8 Å². The number of amides is 1. The quantitative estimate of drug-likeness (QED) is 0.894. The van der Waals surface area contributed by atoms with Crippen LogP contribution in [0.1, 0.15) is 24.0 Å². The lowest BCUT2D eigenvalue weighted by atomic mass is 9.98. The topological polar surface area (TPSA) is 79.4 Å². The first-order valence-electron chi connectivity index (χ1n) is 8.67. The first kappa shape index (κ1) is 18.5. The Morgan fingerprint density at radius 1 is 1.23 bits per heavy atom. The van der Waals surface area contributed by atoms with Gasteiger partial charge in [-0.15, -0.1) is 0 Å². The third kappa shape index (κ3) is 3.78. The number of carbonyl (C=O) groups is 1. The van der Waals surface area contributed by atoms with Crippen LogP contribution in [-0.2, 0) is 14.8 Å². The zero-order valence-electron chi connectivity index (χ0n) is 15.0. The molecule has 6 nitrogen and oxygen atoms in total. The van der Waals surface area contributed by atoms with E-state index in [1.54, 1.807) is 6.07 Å². The maximum absolute atomic E-state index is 12.8. The number of sulfonamides is 1. The molecule has 1 aliphatic heterocycles. The summed E-state index contributed by atoms with van der Waals surface area (Å²) in [6.45, 7) is 4.57. The SMILES string of the molecule is Cc1cccc(NC(=O)[C@@H]2CCCN(S(=O)(=O)c3cccnc3)C2)c1C. The van der Waals surface area contributed by atoms with E-state index >= 15 is 0 Å². The van der Waals surface area contributed by atoms with Gasteiger partial charge in [0, 0.05) is 31.2 Å². The van der Waals surface area contributed by atoms with Crippen molar-refractivity contribution in [3.63, 3.8) is 0 Å². The molecule has 0 bridgehead atoms. The zero-order valence-corrected chi connectivity index (χ0v) is 15.8. The molecule has 0 aliphatic carbocycles. The van der Waals surface area contributed by atoms with Crippen molar-refractivity contribution in [2.45, 2.75) is 31.6 Å². The smallest absolute Gasteiger partial charge is 0.244 e. The van der Waals surface area contributed by atoms with Crippen molar-refractivity contribution < 1.29 is 13.2 Å². The molecule has 0 radical (unpaired) electrons. The third-order valence-corrected chi connectivity index (χ3v) is 6.74. The van der Waals surface area contributed by atoms with Crippen molar-refractivity contribution in [3.05, 3.63) is 53.9 Å². The maximum Gasteiger partial charge on any atom is 0.244 e. The Morgan fingerprint density at radius 2 is 2.04 bits per heavy atom. The number of rotatable bonds is 4. The highest BCUT2D eigenvalue weighted by atomic mass is 32.2. The number of aryl methyl sites for hydroxylation is 1. The monoisotopic (exact) mass is 373 g/mol. The van der Waals surface area contributed by atoms with Gasteiger partial charge in [-0.2, -0.15) is 4.31 Å². The van der Waals surface area contributed by atoms with Gasteiger partial charge in [0.1, 0.15) is 4.90 Å². The van der Waals surface area contributed by atoms with Gasteiger partial charge in [-0.3, -0.25) is 9.78 Å². The summed E-state index contributed by atoms with van der Waals surface area (Å²) in [6.07, 6.45) is 4.21. The second-order valence-electron chi connectivity index (χ2n) is 6.63. The highest BCUT2D eigenvalue weighted by Crippen LogP contribution is 2.25. The van der Waals surface area contributed by atoms with E-state index in [9.17, 15) is 13.2 Å². The number of hydrogen-bond acceptors (Lipinski definition) is 4. The third-order valence-electron chi connectivity index (χ3n) is 4.89. The highest BCUT2D eigenvalue weighted by Gasteiger charge is 2.33. The molecule has 1 N–H and O–H groups in total. The summed E-state index contributed by atoms with van der Waals surface area (Å²) in [7, 11) is -3.63. The van der Waals surface area contributed by atoms with E-state index in [2.05, 4.69) is 10.3 Å². The summed E-state index contributed by atoms with van der Waals surface area (Å²) in [5, 5.41) is 2.96. The van der Waals surface area contributed by atoms with E-state index in [0.717, 1.165) is 16.8 Å². The number of nitrogens with one attached hydrogen (secondary N) is 1. The van der Waals surface area contributed by atoms with Crippen LogP contribution in [-0.4, -0.2) is 36.7 Å². The fourth-order valence-electron chi connectivity index (χ4n) is 3.14. The number of pyridine rings is 1. The lowest BCUT2D eigenvalue weighted by molar-refractivity contribution is -0.120. The Morgan fingerprint density at radius 3 is 2.77 bits per heavy atom. The van der Waals surface area contributed by atoms with Crippen LogP contribution in [0.2, 0.25) is 0 Å². The predicted molar refractivity (Wildman–Crippen MR) is 100 cm³/mol. The Labute approximate surface area is 154 Å². The lowest BCUT2D eigenvalue weighted by Gasteiger charge is -2.31. The molecule has 1 atom stereocenters. The van der Waals surface area contributed by atoms with Gasteiger partial charge in [0.05, 0.1) is 5.92 Å². The fraction of sp³-hybridized carbons (Fsp3) is 0.368. The number of nitrogens with zero attached hydrogens (tertiary/aromatic N) is 2. The number of aromatic nitrogens is 1. The molecule has 1 aliphatic rings. The molecule has 0 saturated carbocycles. The van der Waals surface area contributed by atoms with E-state index in [1.807, 2.05) is 32.0 Å². The molecule has 1 amide bonds. The van der Waals surface area contributed by atoms with Crippen LogP contribution >= 0.6 is 0 Å². The maximum atomic E-state index is 12.8. The minimum Gasteiger partial charge on any atom is -0.326 e. The Balaban J connectivity index is 1.74. The Bertz CT molecular complexity index is 898. The van der Waals surface area contributed by atoms with Gasteiger partial charge >= 0.3 is 0 Å². The number of anilines is 1. The average Bonchev–Trinajstić information content (AvgIpc) is 2.66. The average molecular weight is 373 g/mol. The van der Waals surface area contributed by atoms with Crippen LogP contribution in [0.4, 0.5) is 5.69 Å². The number of piperidine rings is 1. The molecule has 26 heavy (non-hydrogen) atoms. The summed E-state index contributed by atoms with van der Waals surface area (Å²) < 4.78 is 26.9. The number of benzene rings is 1. The van der Waals surface area contributed by atoms with E-state index in [-0.39, 0.29) is 23.3 Å². The van der Waals surface area contributed by atoms with E-state index in [4.69, 9.17) is 0 Å². The van der Waals surface area contributed by atoms with Crippen LogP contribution in [0.25, 0.3) is 0 Å². The molecular formula is C19H23N3O3S. The predicted octanol–water partition coefficient (Wildman–Crippen LogP) is 2.74. The molecule has 1 aromatic carbocycles. The van der Waals surface area contributed by atoms with Gasteiger partial charge in [-0.25, -0.2) is 8.42 Å². The Hall–Kier alpha value is -2.25.